The minimum absolute atomic E-state index is 0.00139. The minimum atomic E-state index is -6.05. The van der Waals surface area contributed by atoms with Crippen LogP contribution in [0.1, 0.15) is 40.2 Å². The van der Waals surface area contributed by atoms with E-state index in [0.29, 0.717) is 18.7 Å². The van der Waals surface area contributed by atoms with Gasteiger partial charge in [0, 0.05) is 31.1 Å². The fourth-order valence-corrected chi connectivity index (χ4v) is 5.50. The molecule has 0 heterocycles. The number of nitrogens with zero attached hydrogens (tertiary/aromatic N) is 1. The van der Waals surface area contributed by atoms with Crippen LogP contribution in [-0.2, 0) is 18.3 Å². The van der Waals surface area contributed by atoms with Crippen molar-refractivity contribution in [1.29, 1.82) is 0 Å². The van der Waals surface area contributed by atoms with Crippen LogP contribution in [0.15, 0.2) is 103 Å². The first-order chi connectivity index (χ1) is 22.0. The molecule has 0 saturated carbocycles. The molecule has 4 rings (SSSR count). The van der Waals surface area contributed by atoms with E-state index < -0.39 is 40.3 Å². The van der Waals surface area contributed by atoms with E-state index in [4.69, 9.17) is 16.3 Å². The van der Waals surface area contributed by atoms with Crippen molar-refractivity contribution >= 4 is 11.6 Å². The molecule has 4 aromatic carbocycles. The molecule has 47 heavy (non-hydrogen) atoms. The number of aliphatic hydroxyl groups is 1. The second-order valence-corrected chi connectivity index (χ2v) is 11.2. The Hall–Kier alpha value is -3.74. The first-order valence-electron chi connectivity index (χ1n) is 14.3. The molecule has 4 aromatic rings. The minimum Gasteiger partial charge on any atom is -0.494 e. The van der Waals surface area contributed by atoms with Crippen molar-refractivity contribution in [3.05, 3.63) is 136 Å². The number of rotatable bonds is 12. The Morgan fingerprint density at radius 1 is 0.702 bits per heavy atom. The third kappa shape index (κ3) is 8.60. The van der Waals surface area contributed by atoms with Gasteiger partial charge in [-0.2, -0.15) is 39.5 Å². The first kappa shape index (κ1) is 36.1. The lowest BCUT2D eigenvalue weighted by molar-refractivity contribution is -0.376. The predicted octanol–water partition coefficient (Wildman–Crippen LogP) is 9.77. The molecular formula is C34H29ClF9NO2. The fraction of sp³-hybridized carbons (Fsp3) is 0.294. The number of alkyl halides is 9. The highest BCUT2D eigenvalue weighted by atomic mass is 35.5. The van der Waals surface area contributed by atoms with Crippen LogP contribution in [0.5, 0.6) is 5.75 Å². The van der Waals surface area contributed by atoms with Crippen LogP contribution in [0.25, 0.3) is 0 Å². The largest absolute Gasteiger partial charge is 0.494 e. The molecule has 0 radical (unpaired) electrons. The molecule has 0 aromatic heterocycles. The monoisotopic (exact) mass is 689 g/mol. The van der Waals surface area contributed by atoms with Gasteiger partial charge in [-0.25, -0.2) is 0 Å². The first-order valence-corrected chi connectivity index (χ1v) is 14.7. The van der Waals surface area contributed by atoms with E-state index in [2.05, 4.69) is 0 Å². The number of hydrogen-bond acceptors (Lipinski definition) is 3. The molecule has 0 amide bonds. The summed E-state index contributed by atoms with van der Waals surface area (Å²) >= 11 is 6.21. The molecule has 0 bridgehead atoms. The Bertz CT molecular complexity index is 1540. The van der Waals surface area contributed by atoms with Crippen LogP contribution >= 0.6 is 11.6 Å². The van der Waals surface area contributed by atoms with Gasteiger partial charge in [-0.15, -0.1) is 0 Å². The molecular weight excluding hydrogens is 661 g/mol. The average Bonchev–Trinajstić information content (AvgIpc) is 3.01. The number of halogens is 10. The summed E-state index contributed by atoms with van der Waals surface area (Å²) in [6.45, 7) is 0.352. The lowest BCUT2D eigenvalue weighted by Gasteiger charge is -2.32. The van der Waals surface area contributed by atoms with Gasteiger partial charge in [-0.1, -0.05) is 96.5 Å². The zero-order valence-corrected chi connectivity index (χ0v) is 25.3. The Kier molecular flexibility index (Phi) is 11.2. The van der Waals surface area contributed by atoms with Crippen LogP contribution in [0.4, 0.5) is 39.5 Å². The van der Waals surface area contributed by atoms with Crippen LogP contribution < -0.4 is 4.74 Å². The summed E-state index contributed by atoms with van der Waals surface area (Å²) in [5.74, 6) is -0.560. The number of ether oxygens (including phenoxy) is 1. The van der Waals surface area contributed by atoms with Crippen LogP contribution in [-0.4, -0.2) is 42.1 Å². The van der Waals surface area contributed by atoms with E-state index in [0.717, 1.165) is 29.3 Å². The molecule has 0 unspecified atom stereocenters. The third-order valence-corrected chi connectivity index (χ3v) is 8.03. The molecule has 0 fully saturated rings. The molecule has 0 atom stereocenters. The second kappa shape index (κ2) is 14.6. The van der Waals surface area contributed by atoms with Gasteiger partial charge < -0.3 is 9.84 Å². The Labute approximate surface area is 270 Å². The third-order valence-electron chi connectivity index (χ3n) is 7.58. The summed E-state index contributed by atoms with van der Waals surface area (Å²) in [4.78, 5) is 1.86. The summed E-state index contributed by atoms with van der Waals surface area (Å²) in [6, 6.07) is 25.5. The van der Waals surface area contributed by atoms with Gasteiger partial charge in [0.25, 0.3) is 5.60 Å². The van der Waals surface area contributed by atoms with Gasteiger partial charge in [0.1, 0.15) is 5.75 Å². The summed E-state index contributed by atoms with van der Waals surface area (Å²) < 4.78 is 127. The lowest BCUT2D eigenvalue weighted by Crippen LogP contribution is -2.53. The second-order valence-electron chi connectivity index (χ2n) is 10.8. The number of hydrogen-bond donors (Lipinski definition) is 1. The van der Waals surface area contributed by atoms with E-state index in [1.165, 1.54) is 12.1 Å². The molecule has 0 aliphatic heterocycles. The van der Waals surface area contributed by atoms with Crippen molar-refractivity contribution in [2.24, 2.45) is 0 Å². The average molecular weight is 690 g/mol. The quantitative estimate of drug-likeness (QED) is 0.119. The van der Waals surface area contributed by atoms with Gasteiger partial charge in [0.2, 0.25) is 0 Å². The van der Waals surface area contributed by atoms with Crippen molar-refractivity contribution in [3.8, 4) is 5.75 Å². The number of benzene rings is 4. The van der Waals surface area contributed by atoms with E-state index in [9.17, 15) is 44.6 Å². The van der Waals surface area contributed by atoms with Gasteiger partial charge >= 0.3 is 18.5 Å². The van der Waals surface area contributed by atoms with Crippen LogP contribution in [0.2, 0.25) is 5.02 Å². The smallest absolute Gasteiger partial charge is 0.430 e. The van der Waals surface area contributed by atoms with Gasteiger partial charge in [-0.05, 0) is 41.3 Å². The highest BCUT2D eigenvalue weighted by molar-refractivity contribution is 6.32. The molecule has 0 saturated heterocycles. The van der Waals surface area contributed by atoms with Crippen LogP contribution in [0.3, 0.4) is 0 Å². The molecule has 13 heteroatoms. The standard InChI is InChI=1S/C34H29ClF9NO2/c35-30-25(14-7-17-29(30)32(36,37)38)21-45(22-28(23-10-3-1-4-11-23)24-12-5-2-6-13-24)18-9-19-47-27-16-8-15-26(20-27)31(46,33(39,40)41)34(42,43)44/h1-8,10-17,20,28,46H,9,18-19,21-22H2. The van der Waals surface area contributed by atoms with Crippen molar-refractivity contribution in [2.45, 2.75) is 43.0 Å². The Morgan fingerprint density at radius 2 is 1.26 bits per heavy atom. The van der Waals surface area contributed by atoms with E-state index in [1.54, 1.807) is 0 Å². The SMILES string of the molecule is OC(c1cccc(OCCCN(Cc2cccc(C(F)(F)F)c2Cl)CC(c2ccccc2)c2ccccc2)c1)(C(F)(F)F)C(F)(F)F. The van der Waals surface area contributed by atoms with E-state index in [1.807, 2.05) is 65.6 Å². The van der Waals surface area contributed by atoms with E-state index in [-0.39, 0.29) is 43.3 Å². The Morgan fingerprint density at radius 3 is 1.79 bits per heavy atom. The highest BCUT2D eigenvalue weighted by Gasteiger charge is 2.71. The lowest BCUT2D eigenvalue weighted by atomic mass is 9.90. The maximum Gasteiger partial charge on any atom is 0.430 e. The van der Waals surface area contributed by atoms with Crippen molar-refractivity contribution in [1.82, 2.24) is 4.90 Å². The van der Waals surface area contributed by atoms with Crippen molar-refractivity contribution in [2.75, 3.05) is 19.7 Å². The van der Waals surface area contributed by atoms with Crippen molar-refractivity contribution in [3.63, 3.8) is 0 Å². The van der Waals surface area contributed by atoms with E-state index >= 15 is 0 Å². The summed E-state index contributed by atoms with van der Waals surface area (Å²) in [6.07, 6.45) is -16.6. The summed E-state index contributed by atoms with van der Waals surface area (Å²) in [5, 5.41) is 9.29. The molecule has 0 aliphatic rings. The van der Waals surface area contributed by atoms with Crippen molar-refractivity contribution < 1.29 is 49.4 Å². The molecule has 0 aliphatic carbocycles. The zero-order chi connectivity index (χ0) is 34.5. The van der Waals surface area contributed by atoms with Gasteiger partial charge in [0.15, 0.2) is 0 Å². The maximum atomic E-state index is 13.6. The maximum absolute atomic E-state index is 13.6. The predicted molar refractivity (Wildman–Crippen MR) is 159 cm³/mol. The summed E-state index contributed by atoms with van der Waals surface area (Å²) in [5.41, 5.74) is -5.45. The van der Waals surface area contributed by atoms with Gasteiger partial charge in [-0.3, -0.25) is 4.90 Å². The summed E-state index contributed by atoms with van der Waals surface area (Å²) in [7, 11) is 0. The Balaban J connectivity index is 1.57. The molecule has 252 valence electrons. The topological polar surface area (TPSA) is 32.7 Å². The zero-order valence-electron chi connectivity index (χ0n) is 24.5. The normalized spacial score (nSPS) is 13.0. The highest BCUT2D eigenvalue weighted by Crippen LogP contribution is 2.50. The molecule has 1 N–H and O–H groups in total. The van der Waals surface area contributed by atoms with Crippen LogP contribution in [0, 0.1) is 0 Å². The molecule has 0 spiro atoms. The van der Waals surface area contributed by atoms with Gasteiger partial charge in [0.05, 0.1) is 17.2 Å². The molecule has 3 nitrogen and oxygen atoms in total. The fourth-order valence-electron chi connectivity index (χ4n) is 5.21.